The zero-order chi connectivity index (χ0) is 18.4. The molecule has 0 saturated carbocycles. The van der Waals surface area contributed by atoms with E-state index in [1.165, 1.54) is 25.0 Å². The van der Waals surface area contributed by atoms with Crippen molar-refractivity contribution in [3.63, 3.8) is 0 Å². The molecule has 7 heteroatoms. The van der Waals surface area contributed by atoms with Gasteiger partial charge in [0.1, 0.15) is 0 Å². The van der Waals surface area contributed by atoms with E-state index in [9.17, 15) is 13.2 Å². The number of sulfonamides is 1. The fourth-order valence-corrected chi connectivity index (χ4v) is 4.37. The minimum absolute atomic E-state index is 0.168. The van der Waals surface area contributed by atoms with E-state index in [0.717, 1.165) is 19.5 Å². The van der Waals surface area contributed by atoms with Gasteiger partial charge in [-0.3, -0.25) is 9.69 Å². The fraction of sp³-hybridized carbons (Fsp3) is 0.611. The Balaban J connectivity index is 1.95. The van der Waals surface area contributed by atoms with Crippen LogP contribution in [0.2, 0.25) is 0 Å². The molecule has 1 heterocycles. The van der Waals surface area contributed by atoms with Crippen molar-refractivity contribution in [3.8, 4) is 0 Å². The fourth-order valence-electron chi connectivity index (χ4n) is 3.11. The number of hydrogen-bond donors (Lipinski definition) is 2. The summed E-state index contributed by atoms with van der Waals surface area (Å²) in [5, 5.41) is 2.97. The molecule has 140 valence electrons. The molecule has 1 unspecified atom stereocenters. The number of carbonyl (C=O) groups is 1. The molecule has 1 saturated heterocycles. The SMILES string of the molecule is CCC(CNC(=O)c1ccc(S(=O)(=O)NC(C)C)cc1)N1CCCC1. The molecule has 0 spiro atoms. The third-order valence-electron chi connectivity index (χ3n) is 4.44. The molecule has 1 amide bonds. The number of nitrogens with one attached hydrogen (secondary N) is 2. The van der Waals surface area contributed by atoms with Gasteiger partial charge < -0.3 is 5.32 Å². The lowest BCUT2D eigenvalue weighted by atomic mass is 10.1. The first kappa shape index (κ1) is 19.9. The average molecular weight is 368 g/mol. The second kappa shape index (κ2) is 8.78. The largest absolute Gasteiger partial charge is 0.350 e. The molecule has 0 aromatic heterocycles. The van der Waals surface area contributed by atoms with Gasteiger partial charge in [0.15, 0.2) is 0 Å². The molecule has 1 fully saturated rings. The molecule has 1 aromatic carbocycles. The van der Waals surface area contributed by atoms with Crippen molar-refractivity contribution in [2.45, 2.75) is 57.0 Å². The maximum absolute atomic E-state index is 12.3. The highest BCUT2D eigenvalue weighted by Gasteiger charge is 2.21. The van der Waals surface area contributed by atoms with Crippen LogP contribution in [0.3, 0.4) is 0 Å². The number of carbonyl (C=O) groups excluding carboxylic acids is 1. The van der Waals surface area contributed by atoms with E-state index in [4.69, 9.17) is 0 Å². The molecule has 1 aliphatic heterocycles. The van der Waals surface area contributed by atoms with E-state index in [-0.39, 0.29) is 16.8 Å². The molecule has 2 N–H and O–H groups in total. The highest BCUT2D eigenvalue weighted by Crippen LogP contribution is 2.14. The van der Waals surface area contributed by atoms with E-state index in [0.29, 0.717) is 18.2 Å². The smallest absolute Gasteiger partial charge is 0.251 e. The lowest BCUT2D eigenvalue weighted by Gasteiger charge is -2.26. The summed E-state index contributed by atoms with van der Waals surface area (Å²) in [7, 11) is -3.53. The van der Waals surface area contributed by atoms with Crippen LogP contribution in [0.1, 0.15) is 50.4 Å². The molecule has 0 radical (unpaired) electrons. The number of hydrogen-bond acceptors (Lipinski definition) is 4. The zero-order valence-electron chi connectivity index (χ0n) is 15.3. The first-order valence-electron chi connectivity index (χ1n) is 8.98. The van der Waals surface area contributed by atoms with Gasteiger partial charge in [-0.25, -0.2) is 13.1 Å². The van der Waals surface area contributed by atoms with Gasteiger partial charge in [-0.2, -0.15) is 0 Å². The van der Waals surface area contributed by atoms with Crippen molar-refractivity contribution in [1.82, 2.24) is 14.9 Å². The van der Waals surface area contributed by atoms with Crippen molar-refractivity contribution in [2.75, 3.05) is 19.6 Å². The van der Waals surface area contributed by atoms with Crippen molar-refractivity contribution < 1.29 is 13.2 Å². The molecule has 2 rings (SSSR count). The predicted molar refractivity (Wildman–Crippen MR) is 99.1 cm³/mol. The number of nitrogens with zero attached hydrogens (tertiary/aromatic N) is 1. The lowest BCUT2D eigenvalue weighted by Crippen LogP contribution is -2.42. The summed E-state index contributed by atoms with van der Waals surface area (Å²) in [6.45, 7) is 8.49. The summed E-state index contributed by atoms with van der Waals surface area (Å²) in [6.07, 6.45) is 3.45. The number of likely N-dealkylation sites (tertiary alicyclic amines) is 1. The van der Waals surface area contributed by atoms with E-state index in [1.54, 1.807) is 26.0 Å². The molecular formula is C18H29N3O3S. The first-order chi connectivity index (χ1) is 11.8. The second-order valence-electron chi connectivity index (χ2n) is 6.82. The summed E-state index contributed by atoms with van der Waals surface area (Å²) >= 11 is 0. The standard InChI is InChI=1S/C18H29N3O3S/c1-4-16(21-11-5-6-12-21)13-19-18(22)15-7-9-17(10-8-15)25(23,24)20-14(2)3/h7-10,14,16,20H,4-6,11-13H2,1-3H3,(H,19,22). The Kier molecular flexibility index (Phi) is 6.98. The van der Waals surface area contributed by atoms with Crippen LogP contribution in [0, 0.1) is 0 Å². The van der Waals surface area contributed by atoms with E-state index < -0.39 is 10.0 Å². The highest BCUT2D eigenvalue weighted by atomic mass is 32.2. The normalized spacial score (nSPS) is 17.0. The number of benzene rings is 1. The minimum Gasteiger partial charge on any atom is -0.350 e. The monoisotopic (exact) mass is 367 g/mol. The van der Waals surface area contributed by atoms with E-state index in [2.05, 4.69) is 21.9 Å². The van der Waals surface area contributed by atoms with Crippen LogP contribution in [-0.2, 0) is 10.0 Å². The molecule has 1 aliphatic rings. The van der Waals surface area contributed by atoms with Gasteiger partial charge in [0, 0.05) is 24.2 Å². The van der Waals surface area contributed by atoms with Gasteiger partial charge in [-0.1, -0.05) is 6.92 Å². The van der Waals surface area contributed by atoms with Crippen molar-refractivity contribution in [1.29, 1.82) is 0 Å². The number of rotatable bonds is 8. The number of amides is 1. The maximum Gasteiger partial charge on any atom is 0.251 e. The molecule has 6 nitrogen and oxygen atoms in total. The lowest BCUT2D eigenvalue weighted by molar-refractivity contribution is 0.0937. The Bertz CT molecular complexity index is 665. The Morgan fingerprint density at radius 1 is 1.16 bits per heavy atom. The van der Waals surface area contributed by atoms with Crippen LogP contribution in [-0.4, -0.2) is 50.9 Å². The van der Waals surface area contributed by atoms with Gasteiger partial charge >= 0.3 is 0 Å². The summed E-state index contributed by atoms with van der Waals surface area (Å²) in [4.78, 5) is 14.9. The Morgan fingerprint density at radius 3 is 2.28 bits per heavy atom. The van der Waals surface area contributed by atoms with Gasteiger partial charge in [-0.15, -0.1) is 0 Å². The Hall–Kier alpha value is -1.44. The first-order valence-corrected chi connectivity index (χ1v) is 10.5. The van der Waals surface area contributed by atoms with Gasteiger partial charge in [0.25, 0.3) is 5.91 Å². The van der Waals surface area contributed by atoms with E-state index >= 15 is 0 Å². The van der Waals surface area contributed by atoms with Crippen LogP contribution in [0.25, 0.3) is 0 Å². The second-order valence-corrected chi connectivity index (χ2v) is 8.53. The summed E-state index contributed by atoms with van der Waals surface area (Å²) in [5.74, 6) is -0.168. The van der Waals surface area contributed by atoms with Crippen LogP contribution in [0.5, 0.6) is 0 Å². The molecule has 1 aromatic rings. The average Bonchev–Trinajstić information content (AvgIpc) is 3.08. The minimum atomic E-state index is -3.53. The third-order valence-corrected chi connectivity index (χ3v) is 6.12. The quantitative estimate of drug-likeness (QED) is 0.736. The molecule has 25 heavy (non-hydrogen) atoms. The molecule has 1 atom stereocenters. The van der Waals surface area contributed by atoms with Crippen molar-refractivity contribution in [3.05, 3.63) is 29.8 Å². The summed E-state index contributed by atoms with van der Waals surface area (Å²) in [5.41, 5.74) is 0.472. The third kappa shape index (κ3) is 5.52. The Labute approximate surface area is 151 Å². The summed E-state index contributed by atoms with van der Waals surface area (Å²) < 4.78 is 26.7. The van der Waals surface area contributed by atoms with Gasteiger partial charge in [0.2, 0.25) is 10.0 Å². The van der Waals surface area contributed by atoms with Crippen molar-refractivity contribution >= 4 is 15.9 Å². The van der Waals surface area contributed by atoms with Crippen molar-refractivity contribution in [2.24, 2.45) is 0 Å². The molecular weight excluding hydrogens is 338 g/mol. The summed E-state index contributed by atoms with van der Waals surface area (Å²) in [6, 6.07) is 6.24. The highest BCUT2D eigenvalue weighted by molar-refractivity contribution is 7.89. The van der Waals surface area contributed by atoms with Gasteiger partial charge in [-0.05, 0) is 70.5 Å². The van der Waals surface area contributed by atoms with Gasteiger partial charge in [0.05, 0.1) is 4.90 Å². The topological polar surface area (TPSA) is 78.5 Å². The Morgan fingerprint density at radius 2 is 1.76 bits per heavy atom. The van der Waals surface area contributed by atoms with E-state index in [1.807, 2.05) is 0 Å². The van der Waals surface area contributed by atoms with Crippen LogP contribution in [0.15, 0.2) is 29.2 Å². The molecule has 0 aliphatic carbocycles. The van der Waals surface area contributed by atoms with Crippen LogP contribution >= 0.6 is 0 Å². The van der Waals surface area contributed by atoms with Crippen LogP contribution < -0.4 is 10.0 Å². The molecule has 0 bridgehead atoms. The zero-order valence-corrected chi connectivity index (χ0v) is 16.1. The predicted octanol–water partition coefficient (Wildman–Crippen LogP) is 1.98. The van der Waals surface area contributed by atoms with Crippen LogP contribution in [0.4, 0.5) is 0 Å². The maximum atomic E-state index is 12.3.